The molecule has 1 heterocycles. The molecule has 2 nitrogen and oxygen atoms in total. The third kappa shape index (κ3) is 1.88. The second kappa shape index (κ2) is 3.46. The minimum atomic E-state index is -0.289. The van der Waals surface area contributed by atoms with Gasteiger partial charge in [0.1, 0.15) is 12.4 Å². The van der Waals surface area contributed by atoms with Crippen molar-refractivity contribution in [1.29, 1.82) is 0 Å². The van der Waals surface area contributed by atoms with Crippen molar-refractivity contribution in [3.63, 3.8) is 0 Å². The highest BCUT2D eigenvalue weighted by molar-refractivity contribution is 9.10. The van der Waals surface area contributed by atoms with E-state index in [1.165, 1.54) is 12.1 Å². The Morgan fingerprint density at radius 2 is 2.23 bits per heavy atom. The molecule has 0 saturated carbocycles. The molecular weight excluding hydrogens is 237 g/mol. The molecule has 1 aliphatic rings. The number of hydrogen-bond donors (Lipinski definition) is 0. The van der Waals surface area contributed by atoms with Gasteiger partial charge in [0.05, 0.1) is 6.54 Å². The highest BCUT2D eigenvalue weighted by Crippen LogP contribution is 2.17. The van der Waals surface area contributed by atoms with Gasteiger partial charge >= 0.3 is 0 Å². The molecule has 68 valence electrons. The molecule has 0 spiro atoms. The van der Waals surface area contributed by atoms with Crippen LogP contribution in [0.5, 0.6) is 0 Å². The van der Waals surface area contributed by atoms with Crippen molar-refractivity contribution in [3.05, 3.63) is 34.1 Å². The SMILES string of the molecule is Fc1cc(Br)cc(C2=NCCO2)c1. The van der Waals surface area contributed by atoms with Gasteiger partial charge in [0, 0.05) is 10.0 Å². The average Bonchev–Trinajstić information content (AvgIpc) is 2.53. The topological polar surface area (TPSA) is 21.6 Å². The summed E-state index contributed by atoms with van der Waals surface area (Å²) in [5.74, 6) is 0.239. The van der Waals surface area contributed by atoms with Crippen LogP contribution in [0.4, 0.5) is 4.39 Å². The molecule has 0 saturated heterocycles. The van der Waals surface area contributed by atoms with Crippen LogP contribution in [-0.4, -0.2) is 19.0 Å². The molecule has 0 amide bonds. The molecule has 0 aromatic heterocycles. The number of benzene rings is 1. The van der Waals surface area contributed by atoms with E-state index in [0.717, 1.165) is 0 Å². The summed E-state index contributed by atoms with van der Waals surface area (Å²) in [7, 11) is 0. The first-order valence-electron chi connectivity index (χ1n) is 3.89. The minimum absolute atomic E-state index is 0.289. The van der Waals surface area contributed by atoms with Gasteiger partial charge < -0.3 is 4.74 Å². The Bertz CT molecular complexity index is 344. The summed E-state index contributed by atoms with van der Waals surface area (Å²) in [6, 6.07) is 4.60. The number of aliphatic imine (C=N–C) groups is 1. The van der Waals surface area contributed by atoms with E-state index in [9.17, 15) is 4.39 Å². The molecule has 0 bridgehead atoms. The van der Waals surface area contributed by atoms with Gasteiger partial charge in [-0.3, -0.25) is 0 Å². The van der Waals surface area contributed by atoms with E-state index in [1.807, 2.05) is 0 Å². The van der Waals surface area contributed by atoms with Gasteiger partial charge in [-0.15, -0.1) is 0 Å². The zero-order chi connectivity index (χ0) is 9.26. The van der Waals surface area contributed by atoms with Gasteiger partial charge in [0.2, 0.25) is 5.90 Å². The summed E-state index contributed by atoms with van der Waals surface area (Å²) in [5, 5.41) is 0. The summed E-state index contributed by atoms with van der Waals surface area (Å²) >= 11 is 3.21. The van der Waals surface area contributed by atoms with Crippen LogP contribution >= 0.6 is 15.9 Å². The quantitative estimate of drug-likeness (QED) is 0.743. The first-order chi connectivity index (χ1) is 6.25. The van der Waals surface area contributed by atoms with Crippen LogP contribution in [0.2, 0.25) is 0 Å². The van der Waals surface area contributed by atoms with Crippen LogP contribution in [0.25, 0.3) is 0 Å². The molecule has 13 heavy (non-hydrogen) atoms. The van der Waals surface area contributed by atoms with Crippen molar-refractivity contribution in [1.82, 2.24) is 0 Å². The van der Waals surface area contributed by atoms with Gasteiger partial charge in [-0.25, -0.2) is 9.38 Å². The highest BCUT2D eigenvalue weighted by Gasteiger charge is 2.11. The number of halogens is 2. The van der Waals surface area contributed by atoms with Gasteiger partial charge in [0.25, 0.3) is 0 Å². The second-order valence-corrected chi connectivity index (χ2v) is 3.61. The van der Waals surface area contributed by atoms with Crippen molar-refractivity contribution < 1.29 is 9.13 Å². The number of rotatable bonds is 1. The smallest absolute Gasteiger partial charge is 0.216 e. The first-order valence-corrected chi connectivity index (χ1v) is 4.69. The third-order valence-corrected chi connectivity index (χ3v) is 2.15. The Labute approximate surface area is 83.6 Å². The Morgan fingerprint density at radius 1 is 1.38 bits per heavy atom. The maximum Gasteiger partial charge on any atom is 0.216 e. The molecular formula is C9H7BrFNO. The summed E-state index contributed by atoms with van der Waals surface area (Å²) in [4.78, 5) is 4.10. The first kappa shape index (κ1) is 8.69. The normalized spacial score (nSPS) is 15.4. The largest absolute Gasteiger partial charge is 0.476 e. The van der Waals surface area contributed by atoms with Crippen LogP contribution in [0.3, 0.4) is 0 Å². The Hall–Kier alpha value is -0.900. The predicted molar refractivity (Wildman–Crippen MR) is 51.5 cm³/mol. The van der Waals surface area contributed by atoms with Crippen molar-refractivity contribution >= 4 is 21.8 Å². The summed E-state index contributed by atoms with van der Waals surface area (Å²) in [6.45, 7) is 1.24. The number of hydrogen-bond acceptors (Lipinski definition) is 2. The summed E-state index contributed by atoms with van der Waals surface area (Å²) < 4.78 is 18.8. The van der Waals surface area contributed by atoms with Crippen molar-refractivity contribution in [2.75, 3.05) is 13.2 Å². The maximum absolute atomic E-state index is 12.9. The Balaban J connectivity index is 2.39. The van der Waals surface area contributed by atoms with Crippen LogP contribution in [0.15, 0.2) is 27.7 Å². The fourth-order valence-corrected chi connectivity index (χ4v) is 1.65. The molecule has 0 radical (unpaired) electrons. The Morgan fingerprint density at radius 3 is 2.85 bits per heavy atom. The van der Waals surface area contributed by atoms with Crippen LogP contribution in [-0.2, 0) is 4.74 Å². The van der Waals surface area contributed by atoms with Gasteiger partial charge in [-0.2, -0.15) is 0 Å². The molecule has 4 heteroatoms. The van der Waals surface area contributed by atoms with Crippen molar-refractivity contribution in [2.45, 2.75) is 0 Å². The predicted octanol–water partition coefficient (Wildman–Crippen LogP) is 2.37. The standard InChI is InChI=1S/C9H7BrFNO/c10-7-3-6(4-8(11)5-7)9-12-1-2-13-9/h3-5H,1-2H2. The van der Waals surface area contributed by atoms with Crippen LogP contribution in [0.1, 0.15) is 5.56 Å². The Kier molecular flexibility index (Phi) is 2.31. The van der Waals surface area contributed by atoms with Gasteiger partial charge in [0.15, 0.2) is 0 Å². The van der Waals surface area contributed by atoms with E-state index in [0.29, 0.717) is 29.1 Å². The zero-order valence-corrected chi connectivity index (χ0v) is 8.34. The van der Waals surface area contributed by atoms with Crippen LogP contribution < -0.4 is 0 Å². The maximum atomic E-state index is 12.9. The van der Waals surface area contributed by atoms with E-state index >= 15 is 0 Å². The second-order valence-electron chi connectivity index (χ2n) is 2.69. The highest BCUT2D eigenvalue weighted by atomic mass is 79.9. The monoisotopic (exact) mass is 243 g/mol. The van der Waals surface area contributed by atoms with E-state index in [4.69, 9.17) is 4.74 Å². The minimum Gasteiger partial charge on any atom is -0.476 e. The van der Waals surface area contributed by atoms with E-state index in [-0.39, 0.29) is 5.82 Å². The third-order valence-electron chi connectivity index (χ3n) is 1.69. The molecule has 0 atom stereocenters. The number of ether oxygens (including phenoxy) is 1. The van der Waals surface area contributed by atoms with Gasteiger partial charge in [-0.05, 0) is 18.2 Å². The molecule has 1 aromatic rings. The fourth-order valence-electron chi connectivity index (χ4n) is 1.19. The molecule has 1 aliphatic heterocycles. The summed E-state index contributed by atoms with van der Waals surface area (Å²) in [5.41, 5.74) is 0.685. The molecule has 2 rings (SSSR count). The van der Waals surface area contributed by atoms with E-state index < -0.39 is 0 Å². The van der Waals surface area contributed by atoms with Crippen molar-refractivity contribution in [2.24, 2.45) is 4.99 Å². The van der Waals surface area contributed by atoms with Crippen molar-refractivity contribution in [3.8, 4) is 0 Å². The molecule has 1 aromatic carbocycles. The molecule has 0 fully saturated rings. The van der Waals surface area contributed by atoms with E-state index in [2.05, 4.69) is 20.9 Å². The fraction of sp³-hybridized carbons (Fsp3) is 0.222. The lowest BCUT2D eigenvalue weighted by Gasteiger charge is -2.02. The lowest BCUT2D eigenvalue weighted by Crippen LogP contribution is -2.01. The lowest BCUT2D eigenvalue weighted by atomic mass is 10.2. The zero-order valence-electron chi connectivity index (χ0n) is 6.76. The van der Waals surface area contributed by atoms with Gasteiger partial charge in [-0.1, -0.05) is 15.9 Å². The molecule has 0 aliphatic carbocycles. The van der Waals surface area contributed by atoms with Crippen LogP contribution in [0, 0.1) is 5.82 Å². The average molecular weight is 244 g/mol. The lowest BCUT2D eigenvalue weighted by molar-refractivity contribution is 0.348. The summed E-state index contributed by atoms with van der Waals surface area (Å²) in [6.07, 6.45) is 0. The van der Waals surface area contributed by atoms with E-state index in [1.54, 1.807) is 6.07 Å². The molecule has 0 unspecified atom stereocenters. The molecule has 0 N–H and O–H groups in total. The number of nitrogens with zero attached hydrogens (tertiary/aromatic N) is 1.